The highest BCUT2D eigenvalue weighted by atomic mass is 16.6. The first-order chi connectivity index (χ1) is 9.21. The predicted octanol–water partition coefficient (Wildman–Crippen LogP) is 0.568. The molecule has 1 heterocycles. The molecule has 0 bridgehead atoms. The van der Waals surface area contributed by atoms with E-state index in [9.17, 15) is 4.79 Å². The lowest BCUT2D eigenvalue weighted by Gasteiger charge is -2.34. The molecule has 0 aromatic heterocycles. The van der Waals surface area contributed by atoms with Crippen LogP contribution in [-0.4, -0.2) is 43.4 Å². The molecule has 3 rings (SSSR count). The summed E-state index contributed by atoms with van der Waals surface area (Å²) in [7, 11) is 0. The van der Waals surface area contributed by atoms with Crippen molar-refractivity contribution in [3.05, 3.63) is 0 Å². The molecule has 5 nitrogen and oxygen atoms in total. The van der Waals surface area contributed by atoms with E-state index < -0.39 is 5.54 Å². The quantitative estimate of drug-likeness (QED) is 0.708. The summed E-state index contributed by atoms with van der Waals surface area (Å²) in [4.78, 5) is 12.0. The summed E-state index contributed by atoms with van der Waals surface area (Å²) in [6.45, 7) is 2.14. The molecule has 1 amide bonds. The first-order valence-corrected chi connectivity index (χ1v) is 7.47. The van der Waals surface area contributed by atoms with Crippen LogP contribution in [0.1, 0.15) is 38.5 Å². The Labute approximate surface area is 114 Å². The molecule has 2 atom stereocenters. The van der Waals surface area contributed by atoms with Gasteiger partial charge < -0.3 is 20.5 Å². The molecule has 5 heteroatoms. The number of hydrogen-bond donors (Lipinski definition) is 2. The van der Waals surface area contributed by atoms with E-state index in [1.807, 2.05) is 0 Å². The predicted molar refractivity (Wildman–Crippen MR) is 70.6 cm³/mol. The molecule has 3 fully saturated rings. The van der Waals surface area contributed by atoms with Crippen molar-refractivity contribution in [2.75, 3.05) is 19.8 Å². The smallest absolute Gasteiger partial charge is 0.238 e. The molecule has 0 aromatic carbocycles. The van der Waals surface area contributed by atoms with Crippen LogP contribution >= 0.6 is 0 Å². The minimum absolute atomic E-state index is 0.172. The second kappa shape index (κ2) is 5.38. The minimum atomic E-state index is -0.472. The Morgan fingerprint density at radius 2 is 2.16 bits per heavy atom. The molecule has 3 aliphatic rings. The SMILES string of the molecule is NC(=O)C1(NC2CC2)CCCC1CCOC1COC1. The third-order valence-corrected chi connectivity index (χ3v) is 4.73. The van der Waals surface area contributed by atoms with Gasteiger partial charge in [0, 0.05) is 12.6 Å². The number of primary amides is 1. The Balaban J connectivity index is 1.55. The minimum Gasteiger partial charge on any atom is -0.376 e. The highest BCUT2D eigenvalue weighted by Crippen LogP contribution is 2.40. The second-order valence-corrected chi connectivity index (χ2v) is 6.16. The fourth-order valence-electron chi connectivity index (χ4n) is 3.33. The van der Waals surface area contributed by atoms with E-state index in [2.05, 4.69) is 5.32 Å². The molecule has 2 aliphatic carbocycles. The van der Waals surface area contributed by atoms with Gasteiger partial charge >= 0.3 is 0 Å². The van der Waals surface area contributed by atoms with Gasteiger partial charge in [-0.1, -0.05) is 6.42 Å². The van der Waals surface area contributed by atoms with Gasteiger partial charge in [0.2, 0.25) is 5.91 Å². The largest absolute Gasteiger partial charge is 0.376 e. The number of hydrogen-bond acceptors (Lipinski definition) is 4. The summed E-state index contributed by atoms with van der Waals surface area (Å²) in [6, 6.07) is 0.508. The van der Waals surface area contributed by atoms with E-state index in [0.29, 0.717) is 31.8 Å². The number of carbonyl (C=O) groups is 1. The fourth-order valence-corrected chi connectivity index (χ4v) is 3.33. The van der Waals surface area contributed by atoms with Crippen LogP contribution in [0, 0.1) is 5.92 Å². The van der Waals surface area contributed by atoms with E-state index in [1.54, 1.807) is 0 Å². The Morgan fingerprint density at radius 1 is 1.37 bits per heavy atom. The summed E-state index contributed by atoms with van der Waals surface area (Å²) < 4.78 is 10.8. The molecule has 1 aliphatic heterocycles. The van der Waals surface area contributed by atoms with Gasteiger partial charge in [-0.25, -0.2) is 0 Å². The molecule has 2 saturated carbocycles. The maximum atomic E-state index is 12.0. The van der Waals surface area contributed by atoms with E-state index in [0.717, 1.165) is 25.7 Å². The lowest BCUT2D eigenvalue weighted by Crippen LogP contribution is -2.58. The van der Waals surface area contributed by atoms with E-state index >= 15 is 0 Å². The van der Waals surface area contributed by atoms with Crippen LogP contribution in [0.2, 0.25) is 0 Å². The van der Waals surface area contributed by atoms with Gasteiger partial charge in [-0.2, -0.15) is 0 Å². The van der Waals surface area contributed by atoms with Gasteiger partial charge in [0.05, 0.1) is 13.2 Å². The number of amides is 1. The van der Waals surface area contributed by atoms with E-state index in [-0.39, 0.29) is 12.0 Å². The summed E-state index contributed by atoms with van der Waals surface area (Å²) in [5.41, 5.74) is 5.23. The summed E-state index contributed by atoms with van der Waals surface area (Å²) in [5.74, 6) is 0.153. The highest BCUT2D eigenvalue weighted by molar-refractivity contribution is 5.85. The number of rotatable bonds is 7. The molecular weight excluding hydrogens is 244 g/mol. The van der Waals surface area contributed by atoms with Crippen molar-refractivity contribution < 1.29 is 14.3 Å². The molecule has 108 valence electrons. The lowest BCUT2D eigenvalue weighted by atomic mass is 9.84. The molecule has 1 saturated heterocycles. The first kappa shape index (κ1) is 13.3. The zero-order valence-corrected chi connectivity index (χ0v) is 11.4. The molecule has 19 heavy (non-hydrogen) atoms. The number of nitrogens with two attached hydrogens (primary N) is 1. The maximum absolute atomic E-state index is 12.0. The van der Waals surface area contributed by atoms with Crippen LogP contribution in [0.4, 0.5) is 0 Å². The summed E-state index contributed by atoms with van der Waals surface area (Å²) >= 11 is 0. The van der Waals surface area contributed by atoms with Crippen LogP contribution in [0.3, 0.4) is 0 Å². The van der Waals surface area contributed by atoms with Gasteiger partial charge in [-0.3, -0.25) is 4.79 Å². The third-order valence-electron chi connectivity index (χ3n) is 4.73. The standard InChI is InChI=1S/C14H24N2O3/c15-13(17)14(16-11-3-4-11)6-1-2-10(14)5-7-19-12-8-18-9-12/h10-12,16H,1-9H2,(H2,15,17). The van der Waals surface area contributed by atoms with Gasteiger partial charge in [0.1, 0.15) is 11.6 Å². The third kappa shape index (κ3) is 2.78. The summed E-state index contributed by atoms with van der Waals surface area (Å²) in [5, 5.41) is 3.53. The number of ether oxygens (including phenoxy) is 2. The Kier molecular flexibility index (Phi) is 3.78. The van der Waals surface area contributed by atoms with Crippen LogP contribution in [0.25, 0.3) is 0 Å². The van der Waals surface area contributed by atoms with Gasteiger partial charge in [0.25, 0.3) is 0 Å². The second-order valence-electron chi connectivity index (χ2n) is 6.16. The molecule has 0 radical (unpaired) electrons. The number of nitrogens with one attached hydrogen (secondary N) is 1. The molecule has 2 unspecified atom stereocenters. The average molecular weight is 268 g/mol. The Hall–Kier alpha value is -0.650. The monoisotopic (exact) mass is 268 g/mol. The zero-order chi connectivity index (χ0) is 13.3. The topological polar surface area (TPSA) is 73.6 Å². The maximum Gasteiger partial charge on any atom is 0.238 e. The lowest BCUT2D eigenvalue weighted by molar-refractivity contribution is -0.134. The molecular formula is C14H24N2O3. The van der Waals surface area contributed by atoms with Crippen LogP contribution < -0.4 is 11.1 Å². The fraction of sp³-hybridized carbons (Fsp3) is 0.929. The molecule has 0 aromatic rings. The summed E-state index contributed by atoms with van der Waals surface area (Å²) in [6.07, 6.45) is 6.58. The van der Waals surface area contributed by atoms with Crippen molar-refractivity contribution in [3.8, 4) is 0 Å². The zero-order valence-electron chi connectivity index (χ0n) is 11.4. The van der Waals surface area contributed by atoms with Gasteiger partial charge in [-0.05, 0) is 38.0 Å². The molecule has 3 N–H and O–H groups in total. The first-order valence-electron chi connectivity index (χ1n) is 7.47. The van der Waals surface area contributed by atoms with Gasteiger partial charge in [-0.15, -0.1) is 0 Å². The van der Waals surface area contributed by atoms with Crippen molar-refractivity contribution in [3.63, 3.8) is 0 Å². The highest BCUT2D eigenvalue weighted by Gasteiger charge is 2.49. The normalized spacial score (nSPS) is 35.3. The van der Waals surface area contributed by atoms with Gasteiger partial charge in [0.15, 0.2) is 0 Å². The van der Waals surface area contributed by atoms with Crippen molar-refractivity contribution in [1.29, 1.82) is 0 Å². The van der Waals surface area contributed by atoms with E-state index in [4.69, 9.17) is 15.2 Å². The van der Waals surface area contributed by atoms with Crippen molar-refractivity contribution in [2.24, 2.45) is 11.7 Å². The number of carbonyl (C=O) groups excluding carboxylic acids is 1. The van der Waals surface area contributed by atoms with Crippen LogP contribution in [-0.2, 0) is 14.3 Å². The van der Waals surface area contributed by atoms with E-state index in [1.165, 1.54) is 12.8 Å². The van der Waals surface area contributed by atoms with Crippen LogP contribution in [0.15, 0.2) is 0 Å². The molecule has 0 spiro atoms. The van der Waals surface area contributed by atoms with Crippen molar-refractivity contribution in [2.45, 2.75) is 56.2 Å². The van der Waals surface area contributed by atoms with Crippen molar-refractivity contribution >= 4 is 5.91 Å². The average Bonchev–Trinajstić information content (AvgIpc) is 3.02. The van der Waals surface area contributed by atoms with Crippen molar-refractivity contribution in [1.82, 2.24) is 5.32 Å². The van der Waals surface area contributed by atoms with Crippen LogP contribution in [0.5, 0.6) is 0 Å². The Morgan fingerprint density at radius 3 is 2.74 bits per heavy atom. The Bertz CT molecular complexity index is 342.